The molecule has 4 aromatic rings. The summed E-state index contributed by atoms with van der Waals surface area (Å²) in [4.78, 5) is 19.5. The fourth-order valence-electron chi connectivity index (χ4n) is 4.30. The largest absolute Gasteiger partial charge is 0.497 e. The average molecular weight is 485 g/mol. The summed E-state index contributed by atoms with van der Waals surface area (Å²) < 4.78 is 24.5. The molecule has 1 unspecified atom stereocenters. The van der Waals surface area contributed by atoms with Crippen LogP contribution in [-0.2, 0) is 6.54 Å². The van der Waals surface area contributed by atoms with Crippen molar-refractivity contribution in [1.82, 2.24) is 20.4 Å². The van der Waals surface area contributed by atoms with Crippen LogP contribution in [0.5, 0.6) is 5.75 Å². The molecule has 0 saturated heterocycles. The van der Waals surface area contributed by atoms with Crippen molar-refractivity contribution in [3.63, 3.8) is 0 Å². The fourth-order valence-corrected chi connectivity index (χ4v) is 4.30. The number of ether oxygens (including phenoxy) is 1. The maximum Gasteiger partial charge on any atom is 0.322 e. The molecule has 2 amide bonds. The van der Waals surface area contributed by atoms with Crippen LogP contribution in [0, 0.1) is 12.7 Å². The SMILES string of the molecule is COc1ccc(C2NC(=O)N(Cc3ccc(F)cc3)C(C)=C2c2nc(-c3cccc(C)c3)no2)cc1. The Morgan fingerprint density at radius 3 is 2.50 bits per heavy atom. The van der Waals surface area contributed by atoms with Crippen LogP contribution in [0.1, 0.15) is 35.5 Å². The number of carbonyl (C=O) groups excluding carboxylic acids is 1. The lowest BCUT2D eigenvalue weighted by Crippen LogP contribution is -2.45. The summed E-state index contributed by atoms with van der Waals surface area (Å²) in [5.41, 5.74) is 4.92. The number of rotatable bonds is 6. The summed E-state index contributed by atoms with van der Waals surface area (Å²) in [6.07, 6.45) is 0. The molecule has 0 bridgehead atoms. The highest BCUT2D eigenvalue weighted by Gasteiger charge is 2.35. The molecule has 5 rings (SSSR count). The van der Waals surface area contributed by atoms with Crippen molar-refractivity contribution in [2.75, 3.05) is 7.11 Å². The molecule has 0 fully saturated rings. The van der Waals surface area contributed by atoms with Gasteiger partial charge in [0.2, 0.25) is 5.82 Å². The second kappa shape index (κ2) is 9.65. The minimum absolute atomic E-state index is 0.260. The van der Waals surface area contributed by atoms with Crippen LogP contribution in [0.25, 0.3) is 17.0 Å². The monoisotopic (exact) mass is 484 g/mol. The molecule has 0 spiro atoms. The van der Waals surface area contributed by atoms with Crippen LogP contribution in [-0.4, -0.2) is 28.2 Å². The number of benzene rings is 3. The first kappa shape index (κ1) is 23.3. The number of amides is 2. The van der Waals surface area contributed by atoms with E-state index in [0.29, 0.717) is 28.7 Å². The Morgan fingerprint density at radius 2 is 1.81 bits per heavy atom. The van der Waals surface area contributed by atoms with E-state index in [1.807, 2.05) is 62.4 Å². The van der Waals surface area contributed by atoms with Crippen molar-refractivity contribution in [3.05, 3.63) is 107 Å². The van der Waals surface area contributed by atoms with Crippen molar-refractivity contribution in [2.45, 2.75) is 26.4 Å². The third kappa shape index (κ3) is 4.57. The Labute approximate surface area is 208 Å². The first-order valence-electron chi connectivity index (χ1n) is 11.5. The van der Waals surface area contributed by atoms with Gasteiger partial charge in [0, 0.05) is 11.3 Å². The highest BCUT2D eigenvalue weighted by molar-refractivity contribution is 5.87. The van der Waals surface area contributed by atoms with Gasteiger partial charge < -0.3 is 14.6 Å². The lowest BCUT2D eigenvalue weighted by Gasteiger charge is -2.35. The zero-order chi connectivity index (χ0) is 25.2. The van der Waals surface area contributed by atoms with Crippen LogP contribution >= 0.6 is 0 Å². The molecule has 0 saturated carbocycles. The molecule has 182 valence electrons. The molecule has 1 N–H and O–H groups in total. The van der Waals surface area contributed by atoms with E-state index in [1.165, 1.54) is 12.1 Å². The van der Waals surface area contributed by atoms with Gasteiger partial charge in [0.15, 0.2) is 0 Å². The number of nitrogens with zero attached hydrogens (tertiary/aromatic N) is 3. The molecule has 7 nitrogen and oxygen atoms in total. The smallest absolute Gasteiger partial charge is 0.322 e. The molecule has 36 heavy (non-hydrogen) atoms. The van der Waals surface area contributed by atoms with Crippen LogP contribution < -0.4 is 10.1 Å². The number of allylic oxidation sites excluding steroid dienone is 1. The second-order valence-electron chi connectivity index (χ2n) is 8.66. The zero-order valence-electron chi connectivity index (χ0n) is 20.2. The molecule has 1 aliphatic rings. The molecule has 8 heteroatoms. The number of hydrogen-bond donors (Lipinski definition) is 1. The number of aromatic nitrogens is 2. The number of nitrogens with one attached hydrogen (secondary N) is 1. The van der Waals surface area contributed by atoms with Crippen LogP contribution in [0.3, 0.4) is 0 Å². The number of methoxy groups -OCH3 is 1. The van der Waals surface area contributed by atoms with Gasteiger partial charge in [0.1, 0.15) is 11.6 Å². The van der Waals surface area contributed by atoms with E-state index in [4.69, 9.17) is 14.2 Å². The van der Waals surface area contributed by atoms with Crippen LogP contribution in [0.2, 0.25) is 0 Å². The van der Waals surface area contributed by atoms with E-state index in [2.05, 4.69) is 10.5 Å². The maximum absolute atomic E-state index is 13.4. The Bertz CT molecular complexity index is 1430. The first-order chi connectivity index (χ1) is 17.4. The van der Waals surface area contributed by atoms with E-state index in [9.17, 15) is 9.18 Å². The summed E-state index contributed by atoms with van der Waals surface area (Å²) in [5.74, 6) is 1.16. The minimum atomic E-state index is -0.515. The van der Waals surface area contributed by atoms with E-state index in [-0.39, 0.29) is 18.4 Å². The number of halogens is 1. The zero-order valence-corrected chi connectivity index (χ0v) is 20.2. The number of hydrogen-bond acceptors (Lipinski definition) is 5. The fraction of sp³-hybridized carbons (Fsp3) is 0.179. The van der Waals surface area contributed by atoms with E-state index >= 15 is 0 Å². The molecule has 3 aromatic carbocycles. The van der Waals surface area contributed by atoms with E-state index < -0.39 is 6.04 Å². The summed E-state index contributed by atoms with van der Waals surface area (Å²) in [6, 6.07) is 20.6. The van der Waals surface area contributed by atoms with Gasteiger partial charge in [0.25, 0.3) is 5.89 Å². The van der Waals surface area contributed by atoms with Crippen molar-refractivity contribution in [1.29, 1.82) is 0 Å². The Hall–Kier alpha value is -4.46. The molecule has 1 aromatic heterocycles. The Balaban J connectivity index is 1.59. The normalized spacial score (nSPS) is 15.7. The second-order valence-corrected chi connectivity index (χ2v) is 8.66. The van der Waals surface area contributed by atoms with E-state index in [1.54, 1.807) is 24.1 Å². The Kier molecular flexibility index (Phi) is 6.25. The van der Waals surface area contributed by atoms with Gasteiger partial charge in [-0.25, -0.2) is 9.18 Å². The predicted octanol–water partition coefficient (Wildman–Crippen LogP) is 5.89. The molecule has 2 heterocycles. The van der Waals surface area contributed by atoms with E-state index in [0.717, 1.165) is 22.3 Å². The topological polar surface area (TPSA) is 80.5 Å². The molecule has 1 atom stereocenters. The van der Waals surface area contributed by atoms with Crippen molar-refractivity contribution in [3.8, 4) is 17.1 Å². The number of carbonyl (C=O) groups is 1. The van der Waals surface area contributed by atoms with Crippen molar-refractivity contribution >= 4 is 11.6 Å². The van der Waals surface area contributed by atoms with Gasteiger partial charge >= 0.3 is 6.03 Å². The third-order valence-electron chi connectivity index (χ3n) is 6.23. The van der Waals surface area contributed by atoms with Gasteiger partial charge in [-0.1, -0.05) is 53.2 Å². The van der Waals surface area contributed by atoms with Crippen LogP contribution in [0.15, 0.2) is 83.0 Å². The number of aryl methyl sites for hydroxylation is 1. The minimum Gasteiger partial charge on any atom is -0.497 e. The van der Waals surface area contributed by atoms with Gasteiger partial charge in [-0.2, -0.15) is 4.98 Å². The maximum atomic E-state index is 13.4. The van der Waals surface area contributed by atoms with Gasteiger partial charge in [-0.05, 0) is 55.3 Å². The highest BCUT2D eigenvalue weighted by atomic mass is 19.1. The standard InChI is InChI=1S/C28H25FN4O3/c1-17-5-4-6-21(15-17)26-31-27(36-32-26)24-18(2)33(16-19-7-11-22(29)12-8-19)28(34)30-25(24)20-9-13-23(35-3)14-10-20/h4-15,25H,16H2,1-3H3,(H,30,34). The highest BCUT2D eigenvalue weighted by Crippen LogP contribution is 2.38. The Morgan fingerprint density at radius 1 is 1.06 bits per heavy atom. The molecular weight excluding hydrogens is 459 g/mol. The van der Waals surface area contributed by atoms with Crippen molar-refractivity contribution in [2.24, 2.45) is 0 Å². The summed E-state index contributed by atoms with van der Waals surface area (Å²) in [7, 11) is 1.60. The molecule has 0 aliphatic carbocycles. The van der Waals surface area contributed by atoms with Gasteiger partial charge in [0.05, 0.1) is 25.3 Å². The molecular formula is C28H25FN4O3. The van der Waals surface area contributed by atoms with Gasteiger partial charge in [-0.3, -0.25) is 4.90 Å². The van der Waals surface area contributed by atoms with Crippen molar-refractivity contribution < 1.29 is 18.4 Å². The number of urea groups is 1. The van der Waals surface area contributed by atoms with Gasteiger partial charge in [-0.15, -0.1) is 0 Å². The van der Waals surface area contributed by atoms with Crippen LogP contribution in [0.4, 0.5) is 9.18 Å². The average Bonchev–Trinajstić information content (AvgIpc) is 3.37. The molecule has 0 radical (unpaired) electrons. The lowest BCUT2D eigenvalue weighted by atomic mass is 9.94. The molecule has 1 aliphatic heterocycles. The predicted molar refractivity (Wildman–Crippen MR) is 133 cm³/mol. The third-order valence-corrected chi connectivity index (χ3v) is 6.23. The first-order valence-corrected chi connectivity index (χ1v) is 11.5. The summed E-state index contributed by atoms with van der Waals surface area (Å²) >= 11 is 0. The quantitative estimate of drug-likeness (QED) is 0.369. The summed E-state index contributed by atoms with van der Waals surface area (Å²) in [6.45, 7) is 4.11. The lowest BCUT2D eigenvalue weighted by molar-refractivity contribution is 0.203. The summed E-state index contributed by atoms with van der Waals surface area (Å²) in [5, 5.41) is 7.29.